The zero-order valence-corrected chi connectivity index (χ0v) is 12.3. The zero-order chi connectivity index (χ0) is 14.5. The van der Waals surface area contributed by atoms with Gasteiger partial charge in [0.1, 0.15) is 0 Å². The van der Waals surface area contributed by atoms with Gasteiger partial charge in [0.15, 0.2) is 0 Å². The number of carbonyl (C=O) groups excluding carboxylic acids is 1. The van der Waals surface area contributed by atoms with E-state index in [-0.39, 0.29) is 12.1 Å². The highest BCUT2D eigenvalue weighted by Gasteiger charge is 2.24. The zero-order valence-electron chi connectivity index (χ0n) is 12.3. The maximum atomic E-state index is 12.0. The molecule has 0 saturated carbocycles. The smallest absolute Gasteiger partial charge is 0.308 e. The van der Waals surface area contributed by atoms with E-state index < -0.39 is 0 Å². The second kappa shape index (κ2) is 6.90. The SMILES string of the molecule is O=C(CC1OCCc2ccccc21)OCC1CC=CCC1. The first-order valence-electron chi connectivity index (χ1n) is 7.83. The van der Waals surface area contributed by atoms with E-state index >= 15 is 0 Å². The molecule has 0 N–H and O–H groups in total. The fraction of sp³-hybridized carbons (Fsp3) is 0.500. The molecular formula is C18H22O3. The number of carbonyl (C=O) groups is 1. The van der Waals surface area contributed by atoms with Crippen molar-refractivity contribution in [3.63, 3.8) is 0 Å². The normalized spacial score (nSPS) is 24.4. The Morgan fingerprint density at radius 1 is 1.29 bits per heavy atom. The summed E-state index contributed by atoms with van der Waals surface area (Å²) in [7, 11) is 0. The lowest BCUT2D eigenvalue weighted by molar-refractivity contribution is -0.148. The number of benzene rings is 1. The van der Waals surface area contributed by atoms with Crippen molar-refractivity contribution in [1.29, 1.82) is 0 Å². The van der Waals surface area contributed by atoms with Crippen LogP contribution in [0.5, 0.6) is 0 Å². The standard InChI is InChI=1S/C18H22O3/c19-18(21-13-14-6-2-1-3-7-14)12-17-16-9-5-4-8-15(16)10-11-20-17/h1-2,4-5,8-9,14,17H,3,6-7,10-13H2. The minimum absolute atomic E-state index is 0.145. The summed E-state index contributed by atoms with van der Waals surface area (Å²) >= 11 is 0. The molecule has 1 aromatic carbocycles. The summed E-state index contributed by atoms with van der Waals surface area (Å²) in [5, 5.41) is 0. The number of fused-ring (bicyclic) bond motifs is 1. The molecule has 1 aliphatic heterocycles. The van der Waals surface area contributed by atoms with Crippen molar-refractivity contribution < 1.29 is 14.3 Å². The molecular weight excluding hydrogens is 264 g/mol. The molecule has 0 radical (unpaired) electrons. The first kappa shape index (κ1) is 14.3. The summed E-state index contributed by atoms with van der Waals surface area (Å²) in [6, 6.07) is 8.21. The van der Waals surface area contributed by atoms with Crippen LogP contribution in [0.4, 0.5) is 0 Å². The minimum Gasteiger partial charge on any atom is -0.465 e. The average molecular weight is 286 g/mol. The maximum Gasteiger partial charge on any atom is 0.308 e. The third kappa shape index (κ3) is 3.73. The van der Waals surface area contributed by atoms with Crippen LogP contribution >= 0.6 is 0 Å². The molecule has 1 aromatic rings. The molecule has 2 unspecified atom stereocenters. The van der Waals surface area contributed by atoms with Gasteiger partial charge in [0.2, 0.25) is 0 Å². The van der Waals surface area contributed by atoms with Gasteiger partial charge in [-0.25, -0.2) is 0 Å². The Balaban J connectivity index is 1.52. The quantitative estimate of drug-likeness (QED) is 0.627. The largest absolute Gasteiger partial charge is 0.465 e. The van der Waals surface area contributed by atoms with Crippen molar-refractivity contribution in [2.45, 2.75) is 38.2 Å². The van der Waals surface area contributed by atoms with Gasteiger partial charge in [0, 0.05) is 0 Å². The van der Waals surface area contributed by atoms with Crippen LogP contribution in [0.15, 0.2) is 36.4 Å². The Kier molecular flexibility index (Phi) is 4.71. The topological polar surface area (TPSA) is 35.5 Å². The number of ether oxygens (including phenoxy) is 2. The van der Waals surface area contributed by atoms with Crippen LogP contribution in [0.2, 0.25) is 0 Å². The first-order chi connectivity index (χ1) is 10.3. The van der Waals surface area contributed by atoms with Gasteiger partial charge < -0.3 is 9.47 Å². The van der Waals surface area contributed by atoms with E-state index in [1.807, 2.05) is 12.1 Å². The molecule has 2 atom stereocenters. The van der Waals surface area contributed by atoms with E-state index in [1.165, 1.54) is 5.56 Å². The Morgan fingerprint density at radius 2 is 2.19 bits per heavy atom. The summed E-state index contributed by atoms with van der Waals surface area (Å²) in [5.41, 5.74) is 2.43. The van der Waals surface area contributed by atoms with E-state index in [2.05, 4.69) is 24.3 Å². The van der Waals surface area contributed by atoms with E-state index in [0.717, 1.165) is 31.2 Å². The van der Waals surface area contributed by atoms with Crippen LogP contribution in [0.1, 0.15) is 42.9 Å². The number of rotatable bonds is 4. The van der Waals surface area contributed by atoms with Crippen molar-refractivity contribution in [2.24, 2.45) is 5.92 Å². The summed E-state index contributed by atoms with van der Waals surface area (Å²) < 4.78 is 11.2. The number of esters is 1. The number of hydrogen-bond acceptors (Lipinski definition) is 3. The predicted octanol–water partition coefficient (Wildman–Crippen LogP) is 3.59. The van der Waals surface area contributed by atoms with Crippen molar-refractivity contribution in [2.75, 3.05) is 13.2 Å². The number of allylic oxidation sites excluding steroid dienone is 2. The van der Waals surface area contributed by atoms with Crippen LogP contribution in [-0.2, 0) is 20.7 Å². The average Bonchev–Trinajstić information content (AvgIpc) is 2.54. The fourth-order valence-electron chi connectivity index (χ4n) is 3.07. The molecule has 2 aliphatic rings. The monoisotopic (exact) mass is 286 g/mol. The molecule has 0 bridgehead atoms. The Labute approximate surface area is 125 Å². The minimum atomic E-state index is -0.147. The maximum absolute atomic E-state index is 12.0. The molecule has 3 heteroatoms. The van der Waals surface area contributed by atoms with Crippen LogP contribution in [-0.4, -0.2) is 19.2 Å². The van der Waals surface area contributed by atoms with Crippen LogP contribution in [0, 0.1) is 5.92 Å². The summed E-state index contributed by atoms with van der Waals surface area (Å²) in [5.74, 6) is 0.338. The second-order valence-corrected chi connectivity index (χ2v) is 5.85. The Morgan fingerprint density at radius 3 is 3.05 bits per heavy atom. The van der Waals surface area contributed by atoms with E-state index in [9.17, 15) is 4.79 Å². The molecule has 21 heavy (non-hydrogen) atoms. The van der Waals surface area contributed by atoms with Gasteiger partial charge in [0.25, 0.3) is 0 Å². The lowest BCUT2D eigenvalue weighted by Gasteiger charge is -2.25. The Hall–Kier alpha value is -1.61. The lowest BCUT2D eigenvalue weighted by Crippen LogP contribution is -2.21. The third-order valence-electron chi connectivity index (χ3n) is 4.30. The van der Waals surface area contributed by atoms with Crippen molar-refractivity contribution in [3.05, 3.63) is 47.5 Å². The van der Waals surface area contributed by atoms with Gasteiger partial charge in [-0.05, 0) is 42.7 Å². The molecule has 0 fully saturated rings. The highest BCUT2D eigenvalue weighted by molar-refractivity contribution is 5.70. The Bertz CT molecular complexity index is 521. The van der Waals surface area contributed by atoms with E-state index in [4.69, 9.17) is 9.47 Å². The molecule has 112 valence electrons. The molecule has 3 rings (SSSR count). The first-order valence-corrected chi connectivity index (χ1v) is 7.83. The fourth-order valence-corrected chi connectivity index (χ4v) is 3.07. The van der Waals surface area contributed by atoms with Gasteiger partial charge >= 0.3 is 5.97 Å². The van der Waals surface area contributed by atoms with Crippen molar-refractivity contribution in [3.8, 4) is 0 Å². The van der Waals surface area contributed by atoms with Gasteiger partial charge in [-0.3, -0.25) is 4.79 Å². The predicted molar refractivity (Wildman–Crippen MR) is 80.9 cm³/mol. The third-order valence-corrected chi connectivity index (χ3v) is 4.30. The molecule has 3 nitrogen and oxygen atoms in total. The summed E-state index contributed by atoms with van der Waals surface area (Å²) in [6.07, 6.45) is 8.72. The molecule has 1 aliphatic carbocycles. The highest BCUT2D eigenvalue weighted by atomic mass is 16.5. The van der Waals surface area contributed by atoms with E-state index in [0.29, 0.717) is 25.6 Å². The summed E-state index contributed by atoms with van der Waals surface area (Å²) in [4.78, 5) is 12.0. The molecule has 0 saturated heterocycles. The van der Waals surface area contributed by atoms with Crippen molar-refractivity contribution >= 4 is 5.97 Å². The highest BCUT2D eigenvalue weighted by Crippen LogP contribution is 2.30. The van der Waals surface area contributed by atoms with Gasteiger partial charge in [-0.15, -0.1) is 0 Å². The van der Waals surface area contributed by atoms with E-state index in [1.54, 1.807) is 0 Å². The van der Waals surface area contributed by atoms with Crippen LogP contribution in [0.25, 0.3) is 0 Å². The molecule has 1 heterocycles. The summed E-state index contributed by atoms with van der Waals surface area (Å²) in [6.45, 7) is 1.22. The van der Waals surface area contributed by atoms with Gasteiger partial charge in [-0.2, -0.15) is 0 Å². The molecule has 0 spiro atoms. The van der Waals surface area contributed by atoms with Gasteiger partial charge in [0.05, 0.1) is 25.7 Å². The molecule has 0 aromatic heterocycles. The molecule has 0 amide bonds. The van der Waals surface area contributed by atoms with Crippen molar-refractivity contribution in [1.82, 2.24) is 0 Å². The number of hydrogen-bond donors (Lipinski definition) is 0. The van der Waals surface area contributed by atoms with Crippen LogP contribution < -0.4 is 0 Å². The second-order valence-electron chi connectivity index (χ2n) is 5.85. The lowest BCUT2D eigenvalue weighted by atomic mass is 9.95. The van der Waals surface area contributed by atoms with Crippen LogP contribution in [0.3, 0.4) is 0 Å². The van der Waals surface area contributed by atoms with Gasteiger partial charge in [-0.1, -0.05) is 36.4 Å².